The van der Waals surface area contributed by atoms with Gasteiger partial charge >= 0.3 is 12.1 Å². The van der Waals surface area contributed by atoms with Crippen LogP contribution in [0.1, 0.15) is 26.3 Å². The van der Waals surface area contributed by atoms with E-state index in [0.717, 1.165) is 5.56 Å². The first-order valence-electron chi connectivity index (χ1n) is 6.75. The Morgan fingerprint density at radius 1 is 1.33 bits per heavy atom. The van der Waals surface area contributed by atoms with E-state index in [2.05, 4.69) is 10.3 Å². The van der Waals surface area contributed by atoms with Gasteiger partial charge in [-0.15, -0.1) is 0 Å². The Morgan fingerprint density at radius 3 is 2.62 bits per heavy atom. The van der Waals surface area contributed by atoms with Gasteiger partial charge in [-0.2, -0.15) is 4.99 Å². The SMILES string of the molecule is CC(C)(C)OC(=O)N=C1CNC(=O)N1Cc1ccccc1. The predicted octanol–water partition coefficient (Wildman–Crippen LogP) is 2.55. The number of ether oxygens (including phenoxy) is 1. The van der Waals surface area contributed by atoms with E-state index in [4.69, 9.17) is 4.74 Å². The average Bonchev–Trinajstić information content (AvgIpc) is 2.70. The van der Waals surface area contributed by atoms with Crippen LogP contribution in [0.2, 0.25) is 0 Å². The molecule has 6 heteroatoms. The number of hydrogen-bond donors (Lipinski definition) is 1. The first-order valence-corrected chi connectivity index (χ1v) is 6.75. The molecule has 1 saturated heterocycles. The summed E-state index contributed by atoms with van der Waals surface area (Å²) in [5.41, 5.74) is 0.355. The van der Waals surface area contributed by atoms with Crippen LogP contribution in [0, 0.1) is 0 Å². The van der Waals surface area contributed by atoms with Gasteiger partial charge in [-0.1, -0.05) is 30.3 Å². The largest absolute Gasteiger partial charge is 0.442 e. The van der Waals surface area contributed by atoms with Crippen molar-refractivity contribution in [3.05, 3.63) is 35.9 Å². The van der Waals surface area contributed by atoms with Gasteiger partial charge in [0.1, 0.15) is 11.4 Å². The van der Waals surface area contributed by atoms with Gasteiger partial charge in [-0.05, 0) is 26.3 Å². The predicted molar refractivity (Wildman–Crippen MR) is 79.1 cm³/mol. The Balaban J connectivity index is 2.11. The number of nitrogens with one attached hydrogen (secondary N) is 1. The Labute approximate surface area is 123 Å². The fourth-order valence-corrected chi connectivity index (χ4v) is 1.88. The molecule has 0 spiro atoms. The van der Waals surface area contributed by atoms with Crippen LogP contribution < -0.4 is 5.32 Å². The molecule has 6 nitrogen and oxygen atoms in total. The van der Waals surface area contributed by atoms with Crippen LogP contribution in [-0.2, 0) is 11.3 Å². The number of urea groups is 1. The van der Waals surface area contributed by atoms with Crippen LogP contribution in [0.5, 0.6) is 0 Å². The maximum atomic E-state index is 11.8. The molecule has 0 unspecified atom stereocenters. The van der Waals surface area contributed by atoms with Gasteiger partial charge in [0, 0.05) is 0 Å². The van der Waals surface area contributed by atoms with E-state index in [-0.39, 0.29) is 12.6 Å². The lowest BCUT2D eigenvalue weighted by molar-refractivity contribution is 0.0602. The third-order valence-electron chi connectivity index (χ3n) is 2.75. The number of benzene rings is 1. The highest BCUT2D eigenvalue weighted by molar-refractivity contribution is 6.07. The molecule has 0 radical (unpaired) electrons. The minimum atomic E-state index is -0.688. The zero-order valence-electron chi connectivity index (χ0n) is 12.4. The highest BCUT2D eigenvalue weighted by atomic mass is 16.6. The summed E-state index contributed by atoms with van der Waals surface area (Å²) in [6.45, 7) is 5.90. The van der Waals surface area contributed by atoms with Crippen molar-refractivity contribution < 1.29 is 14.3 Å². The van der Waals surface area contributed by atoms with Crippen molar-refractivity contribution >= 4 is 18.0 Å². The van der Waals surface area contributed by atoms with Crippen molar-refractivity contribution in [2.45, 2.75) is 32.9 Å². The zero-order chi connectivity index (χ0) is 15.5. The molecule has 0 saturated carbocycles. The van der Waals surface area contributed by atoms with Crippen LogP contribution in [0.3, 0.4) is 0 Å². The van der Waals surface area contributed by atoms with Gasteiger partial charge in [-0.3, -0.25) is 4.90 Å². The lowest BCUT2D eigenvalue weighted by Gasteiger charge is -2.19. The molecule has 1 N–H and O–H groups in total. The summed E-state index contributed by atoms with van der Waals surface area (Å²) in [4.78, 5) is 28.9. The summed E-state index contributed by atoms with van der Waals surface area (Å²) in [5.74, 6) is 0.373. The lowest BCUT2D eigenvalue weighted by atomic mass is 10.2. The number of nitrogens with zero attached hydrogens (tertiary/aromatic N) is 2. The van der Waals surface area contributed by atoms with Gasteiger partial charge in [0.05, 0.1) is 13.1 Å². The van der Waals surface area contributed by atoms with E-state index in [0.29, 0.717) is 12.4 Å². The van der Waals surface area contributed by atoms with E-state index >= 15 is 0 Å². The Hall–Kier alpha value is -2.37. The van der Waals surface area contributed by atoms with Crippen LogP contribution in [0.15, 0.2) is 35.3 Å². The first-order chi connectivity index (χ1) is 9.85. The van der Waals surface area contributed by atoms with Crippen LogP contribution in [0.25, 0.3) is 0 Å². The van der Waals surface area contributed by atoms with Crippen molar-refractivity contribution in [3.8, 4) is 0 Å². The average molecular weight is 289 g/mol. The smallest absolute Gasteiger partial charge is 0.435 e. The molecular weight excluding hydrogens is 270 g/mol. The second-order valence-corrected chi connectivity index (χ2v) is 5.74. The third-order valence-corrected chi connectivity index (χ3v) is 2.75. The van der Waals surface area contributed by atoms with Crippen molar-refractivity contribution in [3.63, 3.8) is 0 Å². The fraction of sp³-hybridized carbons (Fsp3) is 0.400. The molecule has 21 heavy (non-hydrogen) atoms. The lowest BCUT2D eigenvalue weighted by Crippen LogP contribution is -2.31. The standard InChI is InChI=1S/C15H19N3O3/c1-15(2,3)21-14(20)17-12-9-16-13(19)18(12)10-11-7-5-4-6-8-11/h4-8H,9-10H2,1-3H3,(H,16,19). The van der Waals surface area contributed by atoms with Gasteiger partial charge in [0.2, 0.25) is 0 Å². The second kappa shape index (κ2) is 5.95. The zero-order valence-corrected chi connectivity index (χ0v) is 12.4. The number of aliphatic imine (C=N–C) groups is 1. The van der Waals surface area contributed by atoms with Gasteiger partial charge in [-0.25, -0.2) is 9.59 Å². The Bertz CT molecular complexity index is 561. The summed E-state index contributed by atoms with van der Waals surface area (Å²) < 4.78 is 5.14. The topological polar surface area (TPSA) is 71.0 Å². The summed E-state index contributed by atoms with van der Waals surface area (Å²) in [5, 5.41) is 2.66. The molecule has 1 aromatic carbocycles. The van der Waals surface area contributed by atoms with E-state index in [9.17, 15) is 9.59 Å². The maximum Gasteiger partial charge on any atom is 0.435 e. The van der Waals surface area contributed by atoms with Gasteiger partial charge in [0.15, 0.2) is 0 Å². The molecule has 0 aliphatic carbocycles. The first kappa shape index (κ1) is 15.0. The number of carbonyl (C=O) groups excluding carboxylic acids is 2. The highest BCUT2D eigenvalue weighted by Gasteiger charge is 2.28. The molecule has 1 aliphatic heterocycles. The van der Waals surface area contributed by atoms with Crippen molar-refractivity contribution in [2.75, 3.05) is 6.54 Å². The number of carbonyl (C=O) groups is 2. The summed E-state index contributed by atoms with van der Waals surface area (Å²) in [6, 6.07) is 9.26. The molecule has 1 fully saturated rings. The van der Waals surface area contributed by atoms with E-state index in [1.807, 2.05) is 30.3 Å². The number of amidine groups is 1. The monoisotopic (exact) mass is 289 g/mol. The fourth-order valence-electron chi connectivity index (χ4n) is 1.88. The number of amides is 3. The minimum Gasteiger partial charge on any atom is -0.442 e. The van der Waals surface area contributed by atoms with Crippen LogP contribution in [0.4, 0.5) is 9.59 Å². The van der Waals surface area contributed by atoms with E-state index in [1.165, 1.54) is 4.90 Å². The second-order valence-electron chi connectivity index (χ2n) is 5.74. The van der Waals surface area contributed by atoms with Gasteiger partial charge in [0.25, 0.3) is 0 Å². The quantitative estimate of drug-likeness (QED) is 0.909. The van der Waals surface area contributed by atoms with Crippen molar-refractivity contribution in [1.82, 2.24) is 10.2 Å². The summed E-state index contributed by atoms with van der Waals surface area (Å²) in [6.07, 6.45) is -0.688. The molecule has 3 amide bonds. The summed E-state index contributed by atoms with van der Waals surface area (Å²) in [7, 11) is 0. The third kappa shape index (κ3) is 4.30. The van der Waals surface area contributed by atoms with Crippen LogP contribution >= 0.6 is 0 Å². The van der Waals surface area contributed by atoms with E-state index < -0.39 is 11.7 Å². The highest BCUT2D eigenvalue weighted by Crippen LogP contribution is 2.12. The number of rotatable bonds is 2. The van der Waals surface area contributed by atoms with E-state index in [1.54, 1.807) is 20.8 Å². The normalized spacial score (nSPS) is 17.0. The molecule has 0 aromatic heterocycles. The molecule has 112 valence electrons. The maximum absolute atomic E-state index is 11.8. The number of hydrogen-bond acceptors (Lipinski definition) is 3. The minimum absolute atomic E-state index is 0.227. The Morgan fingerprint density at radius 2 is 2.00 bits per heavy atom. The Kier molecular flexibility index (Phi) is 4.26. The molecule has 0 bridgehead atoms. The van der Waals surface area contributed by atoms with Crippen molar-refractivity contribution in [2.24, 2.45) is 4.99 Å². The van der Waals surface area contributed by atoms with Crippen LogP contribution in [-0.4, -0.2) is 35.0 Å². The molecule has 2 rings (SSSR count). The van der Waals surface area contributed by atoms with Gasteiger partial charge < -0.3 is 10.1 Å². The van der Waals surface area contributed by atoms with Crippen molar-refractivity contribution in [1.29, 1.82) is 0 Å². The molecule has 1 aromatic rings. The summed E-state index contributed by atoms with van der Waals surface area (Å²) >= 11 is 0. The molecule has 0 atom stereocenters. The molecule has 1 aliphatic rings. The molecule has 1 heterocycles. The molecular formula is C15H19N3O3.